The summed E-state index contributed by atoms with van der Waals surface area (Å²) in [6.07, 6.45) is 7.70. The quantitative estimate of drug-likeness (QED) is 0.651. The second-order valence-electron chi connectivity index (χ2n) is 5.00. The third kappa shape index (κ3) is 6.85. The van der Waals surface area contributed by atoms with Crippen molar-refractivity contribution >= 4 is 23.5 Å². The number of carbonyl (C=O) groups excluding carboxylic acids is 1. The highest BCUT2D eigenvalue weighted by Crippen LogP contribution is 2.11. The molecule has 0 saturated heterocycles. The number of hydrogen-bond donors (Lipinski definition) is 2. The van der Waals surface area contributed by atoms with Gasteiger partial charge in [-0.1, -0.05) is 19.8 Å². The van der Waals surface area contributed by atoms with Crippen LogP contribution in [0.15, 0.2) is 12.1 Å². The number of aryl methyl sites for hydroxylation is 1. The minimum absolute atomic E-state index is 0.00675. The molecule has 1 aromatic heterocycles. The minimum atomic E-state index is -0.00675. The molecule has 5 heteroatoms. The Balaban J connectivity index is 2.38. The Labute approximate surface area is 132 Å². The Bertz CT molecular complexity index is 415. The van der Waals surface area contributed by atoms with E-state index in [-0.39, 0.29) is 5.91 Å². The number of hydrogen-bond acceptors (Lipinski definition) is 4. The van der Waals surface area contributed by atoms with Crippen molar-refractivity contribution in [2.75, 3.05) is 30.9 Å². The van der Waals surface area contributed by atoms with E-state index < -0.39 is 0 Å². The Kier molecular flexibility index (Phi) is 8.90. The molecule has 4 nitrogen and oxygen atoms in total. The summed E-state index contributed by atoms with van der Waals surface area (Å²) in [4.78, 5) is 16.5. The van der Waals surface area contributed by atoms with Crippen LogP contribution in [0.5, 0.6) is 0 Å². The van der Waals surface area contributed by atoms with Crippen LogP contribution >= 0.6 is 11.8 Å². The summed E-state index contributed by atoms with van der Waals surface area (Å²) < 4.78 is 0. The van der Waals surface area contributed by atoms with Crippen LogP contribution in [0.25, 0.3) is 0 Å². The monoisotopic (exact) mass is 309 g/mol. The molecule has 0 bridgehead atoms. The lowest BCUT2D eigenvalue weighted by molar-refractivity contribution is 0.0953. The van der Waals surface area contributed by atoms with Crippen molar-refractivity contribution in [1.29, 1.82) is 0 Å². The molecule has 118 valence electrons. The number of amides is 1. The number of pyridine rings is 1. The molecule has 0 spiro atoms. The molecule has 1 heterocycles. The molecule has 0 saturated carbocycles. The van der Waals surface area contributed by atoms with Gasteiger partial charge in [0.05, 0.1) is 0 Å². The molecular formula is C16H27N3OS. The predicted molar refractivity (Wildman–Crippen MR) is 92.3 cm³/mol. The van der Waals surface area contributed by atoms with Gasteiger partial charge in [0.25, 0.3) is 5.91 Å². The van der Waals surface area contributed by atoms with E-state index in [4.69, 9.17) is 0 Å². The summed E-state index contributed by atoms with van der Waals surface area (Å²) >= 11 is 1.89. The normalized spacial score (nSPS) is 10.4. The number of thioether (sulfide) groups is 1. The molecule has 1 amide bonds. The summed E-state index contributed by atoms with van der Waals surface area (Å²) in [6.45, 7) is 2.79. The predicted octanol–water partition coefficient (Wildman–Crippen LogP) is 3.34. The van der Waals surface area contributed by atoms with Crippen molar-refractivity contribution in [1.82, 2.24) is 10.3 Å². The zero-order valence-electron chi connectivity index (χ0n) is 13.4. The molecule has 0 aromatic carbocycles. The fraction of sp³-hybridized carbons (Fsp3) is 0.625. The first-order valence-corrected chi connectivity index (χ1v) is 9.06. The summed E-state index contributed by atoms with van der Waals surface area (Å²) in [5.41, 5.74) is 1.62. The largest absolute Gasteiger partial charge is 0.373 e. The van der Waals surface area contributed by atoms with Gasteiger partial charge in [-0.05, 0) is 43.4 Å². The van der Waals surface area contributed by atoms with Gasteiger partial charge in [0.15, 0.2) is 0 Å². The smallest absolute Gasteiger partial charge is 0.251 e. The standard InChI is InChI=1S/C16H27N3OS/c1-4-14-11-13(12-15(17-2)19-14)16(20)18-9-7-5-6-8-10-21-3/h11-12H,4-10H2,1-3H3,(H,17,19)(H,18,20). The molecular weight excluding hydrogens is 282 g/mol. The van der Waals surface area contributed by atoms with Gasteiger partial charge in [-0.2, -0.15) is 11.8 Å². The number of nitrogens with one attached hydrogen (secondary N) is 2. The number of nitrogens with zero attached hydrogens (tertiary/aromatic N) is 1. The molecule has 1 rings (SSSR count). The molecule has 0 atom stereocenters. The number of unbranched alkanes of at least 4 members (excludes halogenated alkanes) is 3. The fourth-order valence-electron chi connectivity index (χ4n) is 2.06. The van der Waals surface area contributed by atoms with Crippen LogP contribution in [0.3, 0.4) is 0 Å². The van der Waals surface area contributed by atoms with Gasteiger partial charge in [-0.25, -0.2) is 4.98 Å². The molecule has 0 aliphatic carbocycles. The first-order valence-electron chi connectivity index (χ1n) is 7.67. The van der Waals surface area contributed by atoms with Gasteiger partial charge in [-0.15, -0.1) is 0 Å². The van der Waals surface area contributed by atoms with Crippen molar-refractivity contribution in [3.8, 4) is 0 Å². The minimum Gasteiger partial charge on any atom is -0.373 e. The van der Waals surface area contributed by atoms with Crippen molar-refractivity contribution in [3.63, 3.8) is 0 Å². The molecule has 2 N–H and O–H groups in total. The lowest BCUT2D eigenvalue weighted by Gasteiger charge is -2.08. The maximum atomic E-state index is 12.1. The lowest BCUT2D eigenvalue weighted by Crippen LogP contribution is -2.24. The highest BCUT2D eigenvalue weighted by Gasteiger charge is 2.08. The molecule has 1 aromatic rings. The summed E-state index contributed by atoms with van der Waals surface area (Å²) in [7, 11) is 1.82. The summed E-state index contributed by atoms with van der Waals surface area (Å²) in [6, 6.07) is 3.67. The highest BCUT2D eigenvalue weighted by atomic mass is 32.2. The number of rotatable bonds is 10. The van der Waals surface area contributed by atoms with E-state index in [9.17, 15) is 4.79 Å². The van der Waals surface area contributed by atoms with Gasteiger partial charge >= 0.3 is 0 Å². The topological polar surface area (TPSA) is 54.0 Å². The van der Waals surface area contributed by atoms with Crippen molar-refractivity contribution in [3.05, 3.63) is 23.4 Å². The van der Waals surface area contributed by atoms with E-state index in [2.05, 4.69) is 21.9 Å². The Hall–Kier alpha value is -1.23. The number of aromatic nitrogens is 1. The van der Waals surface area contributed by atoms with Crippen molar-refractivity contribution < 1.29 is 4.79 Å². The van der Waals surface area contributed by atoms with Crippen LogP contribution in [-0.4, -0.2) is 36.5 Å². The Morgan fingerprint density at radius 2 is 2.00 bits per heavy atom. The van der Waals surface area contributed by atoms with Gasteiger partial charge in [0.1, 0.15) is 5.82 Å². The average Bonchev–Trinajstić information content (AvgIpc) is 2.53. The zero-order chi connectivity index (χ0) is 15.5. The van der Waals surface area contributed by atoms with Crippen LogP contribution in [-0.2, 0) is 6.42 Å². The maximum Gasteiger partial charge on any atom is 0.251 e. The van der Waals surface area contributed by atoms with E-state index >= 15 is 0 Å². The SMILES string of the molecule is CCc1cc(C(=O)NCCCCCCSC)cc(NC)n1. The van der Waals surface area contributed by atoms with E-state index in [1.807, 2.05) is 31.8 Å². The Morgan fingerprint density at radius 1 is 1.24 bits per heavy atom. The van der Waals surface area contributed by atoms with Gasteiger partial charge < -0.3 is 10.6 Å². The van der Waals surface area contributed by atoms with E-state index in [1.165, 1.54) is 25.0 Å². The molecule has 21 heavy (non-hydrogen) atoms. The van der Waals surface area contributed by atoms with Crippen LogP contribution in [0, 0.1) is 0 Å². The fourth-order valence-corrected chi connectivity index (χ4v) is 2.55. The maximum absolute atomic E-state index is 12.1. The molecule has 0 radical (unpaired) electrons. The van der Waals surface area contributed by atoms with E-state index in [1.54, 1.807) is 6.07 Å². The van der Waals surface area contributed by atoms with Gasteiger partial charge in [-0.3, -0.25) is 4.79 Å². The number of anilines is 1. The van der Waals surface area contributed by atoms with Crippen LogP contribution in [0.2, 0.25) is 0 Å². The van der Waals surface area contributed by atoms with Crippen LogP contribution in [0.4, 0.5) is 5.82 Å². The summed E-state index contributed by atoms with van der Waals surface area (Å²) in [5, 5.41) is 5.99. The average molecular weight is 309 g/mol. The lowest BCUT2D eigenvalue weighted by atomic mass is 10.1. The van der Waals surface area contributed by atoms with Gasteiger partial charge in [0, 0.05) is 24.8 Å². The van der Waals surface area contributed by atoms with Crippen LogP contribution in [0.1, 0.15) is 48.7 Å². The third-order valence-electron chi connectivity index (χ3n) is 3.32. The highest BCUT2D eigenvalue weighted by molar-refractivity contribution is 7.98. The second kappa shape index (κ2) is 10.5. The van der Waals surface area contributed by atoms with Crippen LogP contribution < -0.4 is 10.6 Å². The Morgan fingerprint density at radius 3 is 2.67 bits per heavy atom. The third-order valence-corrected chi connectivity index (χ3v) is 4.02. The number of carbonyl (C=O) groups is 1. The first kappa shape index (κ1) is 17.8. The molecule has 0 aliphatic heterocycles. The molecule has 0 unspecified atom stereocenters. The summed E-state index contributed by atoms with van der Waals surface area (Å²) in [5.74, 6) is 1.97. The zero-order valence-corrected chi connectivity index (χ0v) is 14.2. The molecule has 0 aliphatic rings. The van der Waals surface area contributed by atoms with Gasteiger partial charge in [0.2, 0.25) is 0 Å². The molecule has 0 fully saturated rings. The second-order valence-corrected chi connectivity index (χ2v) is 5.98. The van der Waals surface area contributed by atoms with Crippen molar-refractivity contribution in [2.24, 2.45) is 0 Å². The van der Waals surface area contributed by atoms with Crippen molar-refractivity contribution in [2.45, 2.75) is 39.0 Å². The van der Waals surface area contributed by atoms with E-state index in [0.717, 1.165) is 30.9 Å². The van der Waals surface area contributed by atoms with E-state index in [0.29, 0.717) is 5.56 Å². The first-order chi connectivity index (χ1) is 10.2.